The molecule has 1 unspecified atom stereocenters. The molecule has 0 aliphatic carbocycles. The molecular weight excluding hydrogens is 476 g/mol. The number of anilines is 2. The van der Waals surface area contributed by atoms with Crippen molar-refractivity contribution in [3.8, 4) is 22.4 Å². The van der Waals surface area contributed by atoms with Gasteiger partial charge >= 0.3 is 0 Å². The number of nitrogens with zero attached hydrogens (tertiary/aromatic N) is 4. The van der Waals surface area contributed by atoms with Crippen molar-refractivity contribution in [1.82, 2.24) is 19.4 Å². The van der Waals surface area contributed by atoms with Crippen LogP contribution in [-0.2, 0) is 11.8 Å². The molecule has 8 nitrogen and oxygen atoms in total. The highest BCUT2D eigenvalue weighted by Gasteiger charge is 2.25. The molecule has 1 fully saturated rings. The first-order valence-electron chi connectivity index (χ1n) is 12.8. The molecule has 194 valence electrons. The Kier molecular flexibility index (Phi) is 6.72. The molecule has 0 spiro atoms. The number of benzene rings is 2. The normalized spacial score (nSPS) is 15.4. The lowest BCUT2D eigenvalue weighted by atomic mass is 9.97. The zero-order chi connectivity index (χ0) is 27.0. The van der Waals surface area contributed by atoms with Crippen molar-refractivity contribution in [2.45, 2.75) is 39.2 Å². The lowest BCUT2D eigenvalue weighted by molar-refractivity contribution is -0.112. The summed E-state index contributed by atoms with van der Waals surface area (Å²) in [5, 5.41) is 3.60. The molecule has 0 saturated carbocycles. The summed E-state index contributed by atoms with van der Waals surface area (Å²) in [5.41, 5.74) is 12.5. The van der Waals surface area contributed by atoms with E-state index in [1.54, 1.807) is 6.92 Å². The van der Waals surface area contributed by atoms with Gasteiger partial charge in [0.05, 0.1) is 11.1 Å². The molecule has 8 heteroatoms. The Labute approximate surface area is 222 Å². The van der Waals surface area contributed by atoms with Crippen LogP contribution in [0.1, 0.15) is 43.5 Å². The molecule has 1 atom stereocenters. The molecule has 1 aliphatic heterocycles. The molecule has 3 N–H and O–H groups in total. The second-order valence-corrected chi connectivity index (χ2v) is 9.97. The third-order valence-corrected chi connectivity index (χ3v) is 7.28. The van der Waals surface area contributed by atoms with Gasteiger partial charge in [-0.25, -0.2) is 9.97 Å². The van der Waals surface area contributed by atoms with E-state index in [1.807, 2.05) is 65.0 Å². The van der Waals surface area contributed by atoms with Gasteiger partial charge in [0.25, 0.3) is 11.8 Å². The largest absolute Gasteiger partial charge is 0.383 e. The average Bonchev–Trinajstić information content (AvgIpc) is 3.22. The minimum absolute atomic E-state index is 0.0668. The number of nitrogen functional groups attached to an aromatic ring is 1. The summed E-state index contributed by atoms with van der Waals surface area (Å²) in [4.78, 5) is 36.0. The number of nitrogens with one attached hydrogen (secondary N) is 1. The monoisotopic (exact) mass is 508 g/mol. The number of rotatable bonds is 5. The molecular formula is C30H32N6O2. The van der Waals surface area contributed by atoms with Gasteiger partial charge < -0.3 is 20.5 Å². The Bertz CT molecular complexity index is 1540. The van der Waals surface area contributed by atoms with Gasteiger partial charge in [-0.15, -0.1) is 0 Å². The van der Waals surface area contributed by atoms with Crippen LogP contribution in [0.15, 0.2) is 67.0 Å². The number of aromatic nitrogens is 3. The van der Waals surface area contributed by atoms with E-state index in [0.29, 0.717) is 28.3 Å². The van der Waals surface area contributed by atoms with Gasteiger partial charge in [-0.2, -0.15) is 0 Å². The third-order valence-electron chi connectivity index (χ3n) is 7.28. The maximum atomic E-state index is 13.2. The van der Waals surface area contributed by atoms with E-state index in [1.165, 1.54) is 12.7 Å². The standard InChI is InChI=1S/C30H32N6O2/c1-18(2)29(37)34-23-14-12-21(13-15-23)26-24(25-27(31)32-17-33-28(25)35(26)4)20-8-10-22(11-9-20)30(38)36-16-6-5-7-19(36)3/h8-15,17,19H,1,5-7,16H2,2-4H3,(H,34,37)(H2,31,32,33). The van der Waals surface area contributed by atoms with Crippen LogP contribution in [0.3, 0.4) is 0 Å². The number of likely N-dealkylation sites (tertiary alicyclic amines) is 1. The van der Waals surface area contributed by atoms with E-state index in [2.05, 4.69) is 28.8 Å². The molecule has 38 heavy (non-hydrogen) atoms. The molecule has 4 aromatic rings. The van der Waals surface area contributed by atoms with Gasteiger partial charge in [0.1, 0.15) is 17.8 Å². The summed E-state index contributed by atoms with van der Waals surface area (Å²) in [6, 6.07) is 15.6. The highest BCUT2D eigenvalue weighted by Crippen LogP contribution is 2.41. The Balaban J connectivity index is 1.57. The van der Waals surface area contributed by atoms with Crippen LogP contribution in [0.25, 0.3) is 33.4 Å². The number of piperidine rings is 1. The van der Waals surface area contributed by atoms with Crippen molar-refractivity contribution in [3.05, 3.63) is 72.6 Å². The summed E-state index contributed by atoms with van der Waals surface area (Å²) in [6.07, 6.45) is 4.71. The summed E-state index contributed by atoms with van der Waals surface area (Å²) in [7, 11) is 1.94. The molecule has 5 rings (SSSR count). The van der Waals surface area contributed by atoms with E-state index in [0.717, 1.165) is 47.2 Å². The van der Waals surface area contributed by atoms with Crippen LogP contribution in [0.2, 0.25) is 0 Å². The first-order chi connectivity index (χ1) is 18.3. The SMILES string of the molecule is C=C(C)C(=O)Nc1ccc(-c2c(-c3ccc(C(=O)N4CCCCC4C)cc3)c3c(N)ncnc3n2C)cc1. The predicted molar refractivity (Wildman–Crippen MR) is 152 cm³/mol. The number of hydrogen-bond donors (Lipinski definition) is 2. The first-order valence-corrected chi connectivity index (χ1v) is 12.8. The fourth-order valence-electron chi connectivity index (χ4n) is 5.19. The second kappa shape index (κ2) is 10.1. The Hall–Kier alpha value is -4.46. The van der Waals surface area contributed by atoms with Crippen LogP contribution in [-0.4, -0.2) is 43.8 Å². The fraction of sp³-hybridized carbons (Fsp3) is 0.267. The smallest absolute Gasteiger partial charge is 0.254 e. The number of nitrogens with two attached hydrogens (primary N) is 1. The van der Waals surface area contributed by atoms with Crippen molar-refractivity contribution in [2.75, 3.05) is 17.6 Å². The van der Waals surface area contributed by atoms with Gasteiger partial charge in [0.2, 0.25) is 0 Å². The van der Waals surface area contributed by atoms with E-state index in [4.69, 9.17) is 5.73 Å². The molecule has 2 aromatic carbocycles. The molecule has 2 aromatic heterocycles. The number of carbonyl (C=O) groups is 2. The van der Waals surface area contributed by atoms with Gasteiger partial charge in [0, 0.05) is 42.0 Å². The highest BCUT2D eigenvalue weighted by atomic mass is 16.2. The van der Waals surface area contributed by atoms with E-state index in [9.17, 15) is 9.59 Å². The molecule has 1 saturated heterocycles. The van der Waals surface area contributed by atoms with Crippen LogP contribution >= 0.6 is 0 Å². The lowest BCUT2D eigenvalue weighted by Crippen LogP contribution is -2.41. The topological polar surface area (TPSA) is 106 Å². The van der Waals surface area contributed by atoms with Crippen molar-refractivity contribution >= 4 is 34.4 Å². The second-order valence-electron chi connectivity index (χ2n) is 9.97. The zero-order valence-electron chi connectivity index (χ0n) is 22.0. The molecule has 0 bridgehead atoms. The molecule has 1 aliphatic rings. The van der Waals surface area contributed by atoms with Crippen molar-refractivity contribution in [3.63, 3.8) is 0 Å². The summed E-state index contributed by atoms with van der Waals surface area (Å²) >= 11 is 0. The maximum Gasteiger partial charge on any atom is 0.254 e. The minimum Gasteiger partial charge on any atom is -0.383 e. The number of carbonyl (C=O) groups excluding carboxylic acids is 2. The summed E-state index contributed by atoms with van der Waals surface area (Å²) in [5.74, 6) is 0.233. The van der Waals surface area contributed by atoms with E-state index >= 15 is 0 Å². The Morgan fingerprint density at radius 3 is 2.37 bits per heavy atom. The Morgan fingerprint density at radius 2 is 1.71 bits per heavy atom. The lowest BCUT2D eigenvalue weighted by Gasteiger charge is -2.33. The maximum absolute atomic E-state index is 13.2. The average molecular weight is 509 g/mol. The number of hydrogen-bond acceptors (Lipinski definition) is 5. The quantitative estimate of drug-likeness (QED) is 0.351. The van der Waals surface area contributed by atoms with Gasteiger partial charge in [-0.05, 0) is 68.5 Å². The zero-order valence-corrected chi connectivity index (χ0v) is 22.0. The molecule has 0 radical (unpaired) electrons. The number of aryl methyl sites for hydroxylation is 1. The summed E-state index contributed by atoms with van der Waals surface area (Å²) < 4.78 is 2.00. The highest BCUT2D eigenvalue weighted by molar-refractivity contribution is 6.08. The summed E-state index contributed by atoms with van der Waals surface area (Å²) in [6.45, 7) is 8.27. The third kappa shape index (κ3) is 4.53. The van der Waals surface area contributed by atoms with Gasteiger partial charge in [-0.1, -0.05) is 30.8 Å². The van der Waals surface area contributed by atoms with Crippen LogP contribution in [0.4, 0.5) is 11.5 Å². The number of amides is 2. The fourth-order valence-corrected chi connectivity index (χ4v) is 5.19. The van der Waals surface area contributed by atoms with Gasteiger partial charge in [-0.3, -0.25) is 9.59 Å². The predicted octanol–water partition coefficient (Wildman–Crippen LogP) is 5.41. The van der Waals surface area contributed by atoms with Crippen molar-refractivity contribution in [2.24, 2.45) is 7.05 Å². The molecule has 3 heterocycles. The van der Waals surface area contributed by atoms with E-state index < -0.39 is 0 Å². The number of fused-ring (bicyclic) bond motifs is 1. The molecule has 2 amide bonds. The van der Waals surface area contributed by atoms with Crippen LogP contribution < -0.4 is 11.1 Å². The van der Waals surface area contributed by atoms with E-state index in [-0.39, 0.29) is 17.9 Å². The van der Waals surface area contributed by atoms with Crippen molar-refractivity contribution in [1.29, 1.82) is 0 Å². The first kappa shape index (κ1) is 25.2. The van der Waals surface area contributed by atoms with Crippen LogP contribution in [0, 0.1) is 0 Å². The van der Waals surface area contributed by atoms with Gasteiger partial charge in [0.15, 0.2) is 0 Å². The minimum atomic E-state index is -0.223. The Morgan fingerprint density at radius 1 is 1.03 bits per heavy atom. The van der Waals surface area contributed by atoms with Crippen LogP contribution in [0.5, 0.6) is 0 Å². The van der Waals surface area contributed by atoms with Crippen molar-refractivity contribution < 1.29 is 9.59 Å².